The van der Waals surface area contributed by atoms with Crippen molar-refractivity contribution in [1.29, 1.82) is 0 Å². The van der Waals surface area contributed by atoms with E-state index in [9.17, 15) is 0 Å². The number of fused-ring (bicyclic) bond motifs is 6. The number of aryl methyl sites for hydroxylation is 3. The number of hydrogen-bond donors (Lipinski definition) is 0. The Balaban J connectivity index is 1.55. The monoisotopic (exact) mass is 322 g/mol. The van der Waals surface area contributed by atoms with E-state index in [1.54, 1.807) is 0 Å². The van der Waals surface area contributed by atoms with E-state index in [0.29, 0.717) is 12.1 Å². The molecule has 2 unspecified atom stereocenters. The Bertz CT molecular complexity index is 937. The predicted molar refractivity (Wildman–Crippen MR) is 90.7 cm³/mol. The Kier molecular flexibility index (Phi) is 2.89. The number of hydrogen-bond acceptors (Lipinski definition) is 4. The Labute approximate surface area is 141 Å². The lowest BCUT2D eigenvalue weighted by atomic mass is 9.98. The average Bonchev–Trinajstić information content (AvgIpc) is 3.15. The highest BCUT2D eigenvalue weighted by Gasteiger charge is 2.41. The van der Waals surface area contributed by atoms with Crippen molar-refractivity contribution in [2.45, 2.75) is 51.7 Å². The smallest absolute Gasteiger partial charge is 0.155 e. The minimum atomic E-state index is 0.458. The SMILES string of the molecule is Cc1cc2ncc3c(n2n1)CC1CCC3N1Cc1cn(C)nc1C. The summed E-state index contributed by atoms with van der Waals surface area (Å²) in [5.74, 6) is 0. The van der Waals surface area contributed by atoms with E-state index in [1.807, 2.05) is 18.7 Å². The first kappa shape index (κ1) is 14.2. The second kappa shape index (κ2) is 4.89. The van der Waals surface area contributed by atoms with Crippen molar-refractivity contribution in [1.82, 2.24) is 29.3 Å². The molecule has 6 heteroatoms. The molecule has 1 fully saturated rings. The Morgan fingerprint density at radius 2 is 2.08 bits per heavy atom. The fourth-order valence-electron chi connectivity index (χ4n) is 4.54. The third-order valence-corrected chi connectivity index (χ3v) is 5.64. The minimum Gasteiger partial charge on any atom is -0.288 e. The molecule has 2 aliphatic heterocycles. The van der Waals surface area contributed by atoms with Crippen LogP contribution in [0.3, 0.4) is 0 Å². The van der Waals surface area contributed by atoms with Gasteiger partial charge in [0.25, 0.3) is 0 Å². The predicted octanol–water partition coefficient (Wildman–Crippen LogP) is 2.34. The van der Waals surface area contributed by atoms with E-state index in [4.69, 9.17) is 0 Å². The van der Waals surface area contributed by atoms with Crippen molar-refractivity contribution in [3.63, 3.8) is 0 Å². The molecule has 124 valence electrons. The first-order valence-corrected chi connectivity index (χ1v) is 8.69. The lowest BCUT2D eigenvalue weighted by Crippen LogP contribution is -2.38. The fourth-order valence-corrected chi connectivity index (χ4v) is 4.54. The molecule has 0 radical (unpaired) electrons. The summed E-state index contributed by atoms with van der Waals surface area (Å²) in [5, 5.41) is 9.17. The van der Waals surface area contributed by atoms with Crippen molar-refractivity contribution in [3.8, 4) is 0 Å². The highest BCUT2D eigenvalue weighted by molar-refractivity contribution is 5.44. The summed E-state index contributed by atoms with van der Waals surface area (Å²) in [7, 11) is 2.00. The van der Waals surface area contributed by atoms with Gasteiger partial charge in [-0.25, -0.2) is 9.50 Å². The molecule has 6 nitrogen and oxygen atoms in total. The van der Waals surface area contributed by atoms with Crippen molar-refractivity contribution in [2.75, 3.05) is 0 Å². The maximum Gasteiger partial charge on any atom is 0.155 e. The molecule has 24 heavy (non-hydrogen) atoms. The van der Waals surface area contributed by atoms with Gasteiger partial charge in [0.15, 0.2) is 5.65 Å². The van der Waals surface area contributed by atoms with Gasteiger partial charge in [0.1, 0.15) is 0 Å². The average molecular weight is 322 g/mol. The second-order valence-electron chi connectivity index (χ2n) is 7.25. The minimum absolute atomic E-state index is 0.458. The van der Waals surface area contributed by atoms with Gasteiger partial charge < -0.3 is 0 Å². The molecular formula is C18H22N6. The first-order chi connectivity index (χ1) is 11.6. The van der Waals surface area contributed by atoms with Gasteiger partial charge in [0, 0.05) is 61.7 Å². The highest BCUT2D eigenvalue weighted by Crippen LogP contribution is 2.44. The van der Waals surface area contributed by atoms with Crippen LogP contribution in [0.2, 0.25) is 0 Å². The second-order valence-corrected chi connectivity index (χ2v) is 7.25. The molecular weight excluding hydrogens is 300 g/mol. The fraction of sp³-hybridized carbons (Fsp3) is 0.500. The molecule has 3 aromatic heterocycles. The molecule has 2 atom stereocenters. The maximum absolute atomic E-state index is 4.67. The summed E-state index contributed by atoms with van der Waals surface area (Å²) >= 11 is 0. The zero-order valence-corrected chi connectivity index (χ0v) is 14.4. The summed E-state index contributed by atoms with van der Waals surface area (Å²) in [5.41, 5.74) is 7.21. The van der Waals surface area contributed by atoms with Gasteiger partial charge in [-0.05, 0) is 26.7 Å². The van der Waals surface area contributed by atoms with Crippen LogP contribution in [0.1, 0.15) is 47.1 Å². The van der Waals surface area contributed by atoms with Crippen molar-refractivity contribution in [3.05, 3.63) is 46.7 Å². The van der Waals surface area contributed by atoms with Crippen LogP contribution in [0.4, 0.5) is 0 Å². The van der Waals surface area contributed by atoms with E-state index in [2.05, 4.69) is 50.0 Å². The third-order valence-electron chi connectivity index (χ3n) is 5.64. The van der Waals surface area contributed by atoms with Crippen LogP contribution in [-0.2, 0) is 20.0 Å². The van der Waals surface area contributed by atoms with Crippen LogP contribution in [0.15, 0.2) is 18.5 Å². The van der Waals surface area contributed by atoms with E-state index in [-0.39, 0.29) is 0 Å². The molecule has 0 spiro atoms. The van der Waals surface area contributed by atoms with Crippen LogP contribution in [0.5, 0.6) is 0 Å². The zero-order valence-electron chi connectivity index (χ0n) is 14.4. The van der Waals surface area contributed by atoms with Crippen LogP contribution < -0.4 is 0 Å². The van der Waals surface area contributed by atoms with Crippen molar-refractivity contribution in [2.24, 2.45) is 7.05 Å². The zero-order chi connectivity index (χ0) is 16.4. The molecule has 2 bridgehead atoms. The number of rotatable bonds is 2. The quantitative estimate of drug-likeness (QED) is 0.727. The molecule has 0 aromatic carbocycles. The van der Waals surface area contributed by atoms with Crippen molar-refractivity contribution < 1.29 is 0 Å². The summed E-state index contributed by atoms with van der Waals surface area (Å²) in [6.07, 6.45) is 7.76. The summed E-state index contributed by atoms with van der Waals surface area (Å²) in [6.45, 7) is 5.12. The van der Waals surface area contributed by atoms with E-state index in [0.717, 1.165) is 30.0 Å². The van der Waals surface area contributed by atoms with E-state index < -0.39 is 0 Å². The molecule has 0 N–H and O–H groups in total. The van der Waals surface area contributed by atoms with Gasteiger partial charge in [0.05, 0.1) is 17.1 Å². The Hall–Kier alpha value is -2.21. The molecule has 2 aliphatic rings. The molecule has 0 amide bonds. The van der Waals surface area contributed by atoms with Gasteiger partial charge in [-0.3, -0.25) is 9.58 Å². The summed E-state index contributed by atoms with van der Waals surface area (Å²) in [4.78, 5) is 7.30. The lowest BCUT2D eigenvalue weighted by molar-refractivity contribution is 0.165. The maximum atomic E-state index is 4.67. The van der Waals surface area contributed by atoms with E-state index >= 15 is 0 Å². The molecule has 5 heterocycles. The van der Waals surface area contributed by atoms with Crippen molar-refractivity contribution >= 4 is 5.65 Å². The molecule has 1 saturated heterocycles. The van der Waals surface area contributed by atoms with Gasteiger partial charge in [-0.15, -0.1) is 0 Å². The number of aromatic nitrogens is 5. The van der Waals surface area contributed by atoms with E-state index in [1.165, 1.54) is 29.7 Å². The third kappa shape index (κ3) is 1.95. The normalized spacial score (nSPS) is 23.1. The van der Waals surface area contributed by atoms with Crippen LogP contribution in [0, 0.1) is 13.8 Å². The Morgan fingerprint density at radius 1 is 1.21 bits per heavy atom. The summed E-state index contributed by atoms with van der Waals surface area (Å²) in [6, 6.07) is 3.12. The standard InChI is InChI=1S/C18H22N6/c1-11-6-18-19-8-15-16-5-4-14(7-17(15)24(18)20-11)23(16)10-13-9-22(3)21-12(13)2/h6,8-9,14,16H,4-5,7,10H2,1-3H3. The van der Waals surface area contributed by atoms with Gasteiger partial charge in [0.2, 0.25) is 0 Å². The molecule has 0 saturated carbocycles. The van der Waals surface area contributed by atoms with Crippen LogP contribution >= 0.6 is 0 Å². The Morgan fingerprint density at radius 3 is 2.88 bits per heavy atom. The van der Waals surface area contributed by atoms with Crippen LogP contribution in [0.25, 0.3) is 5.65 Å². The summed E-state index contributed by atoms with van der Waals surface area (Å²) < 4.78 is 3.99. The van der Waals surface area contributed by atoms with Gasteiger partial charge >= 0.3 is 0 Å². The highest BCUT2D eigenvalue weighted by atomic mass is 15.3. The topological polar surface area (TPSA) is 51.2 Å². The van der Waals surface area contributed by atoms with Crippen LogP contribution in [-0.4, -0.2) is 35.3 Å². The van der Waals surface area contributed by atoms with Gasteiger partial charge in [-0.1, -0.05) is 0 Å². The molecule has 3 aromatic rings. The molecule has 0 aliphatic carbocycles. The molecule has 5 rings (SSSR count). The largest absolute Gasteiger partial charge is 0.288 e. The van der Waals surface area contributed by atoms with Gasteiger partial charge in [-0.2, -0.15) is 10.2 Å². The first-order valence-electron chi connectivity index (χ1n) is 8.69. The number of nitrogens with zero attached hydrogens (tertiary/aromatic N) is 6. The lowest BCUT2D eigenvalue weighted by Gasteiger charge is -2.36.